The van der Waals surface area contributed by atoms with Gasteiger partial charge in [-0.3, -0.25) is 9.10 Å². The minimum absolute atomic E-state index is 0.324. The van der Waals surface area contributed by atoms with Gasteiger partial charge in [0.1, 0.15) is 11.9 Å². The van der Waals surface area contributed by atoms with Crippen LogP contribution in [0.5, 0.6) is 0 Å². The highest BCUT2D eigenvalue weighted by Gasteiger charge is 2.31. The van der Waals surface area contributed by atoms with Gasteiger partial charge in [-0.2, -0.15) is 11.8 Å². The normalized spacial score (nSPS) is 12.4. The predicted octanol–water partition coefficient (Wildman–Crippen LogP) is 4.38. The number of rotatable bonds is 10. The number of carbonyl (C=O) groups excluding carboxylic acids is 1. The molecule has 2 rings (SSSR count). The molecule has 9 heteroatoms. The lowest BCUT2D eigenvalue weighted by molar-refractivity contribution is -0.122. The van der Waals surface area contributed by atoms with Crippen LogP contribution in [0.25, 0.3) is 0 Å². The molecule has 0 aliphatic carbocycles. The van der Waals surface area contributed by atoms with Crippen molar-refractivity contribution in [3.63, 3.8) is 0 Å². The van der Waals surface area contributed by atoms with E-state index in [1.54, 1.807) is 31.2 Å². The van der Waals surface area contributed by atoms with E-state index in [1.807, 2.05) is 19.1 Å². The Bertz CT molecular complexity index is 948. The van der Waals surface area contributed by atoms with Crippen molar-refractivity contribution in [2.45, 2.75) is 32.1 Å². The average Bonchev–Trinajstić information content (AvgIpc) is 2.67. The maximum absolute atomic E-state index is 13.8. The highest BCUT2D eigenvalue weighted by Crippen LogP contribution is 2.24. The number of anilines is 1. The highest BCUT2D eigenvalue weighted by atomic mass is 35.5. The van der Waals surface area contributed by atoms with E-state index in [0.717, 1.165) is 16.1 Å². The van der Waals surface area contributed by atoms with Gasteiger partial charge in [-0.15, -0.1) is 0 Å². The molecule has 1 amide bonds. The Morgan fingerprint density at radius 2 is 1.90 bits per heavy atom. The van der Waals surface area contributed by atoms with Gasteiger partial charge in [0.05, 0.1) is 11.9 Å². The second kappa shape index (κ2) is 11.0. The monoisotopic (exact) mass is 472 g/mol. The summed E-state index contributed by atoms with van der Waals surface area (Å²) in [4.78, 5) is 12.7. The van der Waals surface area contributed by atoms with Crippen molar-refractivity contribution in [1.29, 1.82) is 0 Å². The third kappa shape index (κ3) is 6.62. The van der Waals surface area contributed by atoms with E-state index in [1.165, 1.54) is 17.8 Å². The molecule has 0 saturated carbocycles. The summed E-state index contributed by atoms with van der Waals surface area (Å²) in [5.41, 5.74) is 1.88. The maximum atomic E-state index is 13.8. The van der Waals surface area contributed by atoms with E-state index in [2.05, 4.69) is 5.32 Å². The smallest absolute Gasteiger partial charge is 0.243 e. The molecule has 0 bridgehead atoms. The quantitative estimate of drug-likeness (QED) is 0.521. The molecule has 0 saturated heterocycles. The van der Waals surface area contributed by atoms with Crippen molar-refractivity contribution >= 4 is 45.0 Å². The summed E-state index contributed by atoms with van der Waals surface area (Å²) >= 11 is 7.45. The molecule has 0 heterocycles. The van der Waals surface area contributed by atoms with Gasteiger partial charge in [-0.25, -0.2) is 12.8 Å². The van der Waals surface area contributed by atoms with E-state index in [9.17, 15) is 17.6 Å². The fourth-order valence-electron chi connectivity index (χ4n) is 2.96. The molecule has 2 aromatic carbocycles. The van der Waals surface area contributed by atoms with Crippen LogP contribution in [0.15, 0.2) is 42.5 Å². The number of benzene rings is 2. The standard InChI is InChI=1S/C21H26ClFN2O3S2/c1-4-20(25(30(3,27)28)16-10-8-15(2)9-11-16)21(26)24-12-13-29-14-17-18(22)6-5-7-19(17)23/h5-11,20H,4,12-14H2,1-3H3,(H,24,26). The Hall–Kier alpha value is -1.77. The van der Waals surface area contributed by atoms with Crippen molar-refractivity contribution in [2.24, 2.45) is 0 Å². The molecule has 0 spiro atoms. The Labute approximate surface area is 187 Å². The van der Waals surface area contributed by atoms with Gasteiger partial charge >= 0.3 is 0 Å². The SMILES string of the molecule is CCC(C(=O)NCCSCc1c(F)cccc1Cl)N(c1ccc(C)cc1)S(C)(=O)=O. The second-order valence-corrected chi connectivity index (χ2v) is 10.2. The summed E-state index contributed by atoms with van der Waals surface area (Å²) in [6, 6.07) is 10.7. The summed E-state index contributed by atoms with van der Waals surface area (Å²) in [5, 5.41) is 3.16. The second-order valence-electron chi connectivity index (χ2n) is 6.86. The minimum Gasteiger partial charge on any atom is -0.353 e. The first kappa shape index (κ1) is 24.5. The Morgan fingerprint density at radius 1 is 1.23 bits per heavy atom. The number of nitrogens with one attached hydrogen (secondary N) is 1. The summed E-state index contributed by atoms with van der Waals surface area (Å²) in [7, 11) is -3.66. The van der Waals surface area contributed by atoms with E-state index in [4.69, 9.17) is 11.6 Å². The molecule has 2 aromatic rings. The molecule has 1 unspecified atom stereocenters. The number of nitrogens with zero attached hydrogens (tertiary/aromatic N) is 1. The van der Waals surface area contributed by atoms with Crippen molar-refractivity contribution in [3.05, 3.63) is 64.4 Å². The summed E-state index contributed by atoms with van der Waals surface area (Å²) < 4.78 is 39.8. The van der Waals surface area contributed by atoms with Crippen LogP contribution in [0, 0.1) is 12.7 Å². The van der Waals surface area contributed by atoms with Crippen LogP contribution >= 0.6 is 23.4 Å². The number of amides is 1. The maximum Gasteiger partial charge on any atom is 0.243 e. The van der Waals surface area contributed by atoms with Gasteiger partial charge in [-0.05, 0) is 37.6 Å². The molecular weight excluding hydrogens is 447 g/mol. The Kier molecular flexibility index (Phi) is 9.00. The largest absolute Gasteiger partial charge is 0.353 e. The number of hydrogen-bond donors (Lipinski definition) is 1. The number of halogens is 2. The first-order chi connectivity index (χ1) is 14.1. The van der Waals surface area contributed by atoms with Gasteiger partial charge in [0, 0.05) is 28.6 Å². The topological polar surface area (TPSA) is 66.5 Å². The van der Waals surface area contributed by atoms with Crippen LogP contribution in [0.1, 0.15) is 24.5 Å². The van der Waals surface area contributed by atoms with Gasteiger partial charge in [-0.1, -0.05) is 42.3 Å². The first-order valence-electron chi connectivity index (χ1n) is 9.49. The van der Waals surface area contributed by atoms with Crippen molar-refractivity contribution < 1.29 is 17.6 Å². The predicted molar refractivity (Wildman–Crippen MR) is 123 cm³/mol. The molecule has 0 aliphatic rings. The van der Waals surface area contributed by atoms with E-state index in [0.29, 0.717) is 40.7 Å². The molecule has 1 atom stereocenters. The molecule has 0 aliphatic heterocycles. The molecular formula is C21H26ClFN2O3S2. The molecule has 164 valence electrons. The first-order valence-corrected chi connectivity index (χ1v) is 12.9. The van der Waals surface area contributed by atoms with E-state index >= 15 is 0 Å². The number of carbonyl (C=O) groups is 1. The zero-order valence-electron chi connectivity index (χ0n) is 17.2. The molecule has 30 heavy (non-hydrogen) atoms. The molecule has 1 N–H and O–H groups in total. The van der Waals surface area contributed by atoms with E-state index in [-0.39, 0.29) is 11.7 Å². The number of thioether (sulfide) groups is 1. The molecule has 0 fully saturated rings. The van der Waals surface area contributed by atoms with Crippen LogP contribution in [0.2, 0.25) is 5.02 Å². The Morgan fingerprint density at radius 3 is 2.47 bits per heavy atom. The zero-order chi connectivity index (χ0) is 22.3. The highest BCUT2D eigenvalue weighted by molar-refractivity contribution is 7.98. The summed E-state index contributed by atoms with van der Waals surface area (Å²) in [5.74, 6) is 0.202. The fourth-order valence-corrected chi connectivity index (χ4v) is 5.37. The van der Waals surface area contributed by atoms with Gasteiger partial charge in [0.2, 0.25) is 15.9 Å². The molecule has 0 radical (unpaired) electrons. The minimum atomic E-state index is -3.66. The number of sulfonamides is 1. The third-order valence-electron chi connectivity index (χ3n) is 4.47. The molecule has 5 nitrogen and oxygen atoms in total. The Balaban J connectivity index is 1.98. The fraction of sp³-hybridized carbons (Fsp3) is 0.381. The lowest BCUT2D eigenvalue weighted by Crippen LogP contribution is -2.49. The molecule has 0 aromatic heterocycles. The average molecular weight is 473 g/mol. The van der Waals surface area contributed by atoms with Crippen LogP contribution in [-0.2, 0) is 20.6 Å². The van der Waals surface area contributed by atoms with Crippen LogP contribution < -0.4 is 9.62 Å². The van der Waals surface area contributed by atoms with Crippen LogP contribution in [0.4, 0.5) is 10.1 Å². The lowest BCUT2D eigenvalue weighted by Gasteiger charge is -2.30. The van der Waals surface area contributed by atoms with Crippen molar-refractivity contribution in [2.75, 3.05) is 22.9 Å². The van der Waals surface area contributed by atoms with Gasteiger partial charge in [0.25, 0.3) is 0 Å². The summed E-state index contributed by atoms with van der Waals surface area (Å²) in [6.07, 6.45) is 1.42. The summed E-state index contributed by atoms with van der Waals surface area (Å²) in [6.45, 7) is 4.01. The van der Waals surface area contributed by atoms with Gasteiger partial charge < -0.3 is 5.32 Å². The van der Waals surface area contributed by atoms with E-state index < -0.39 is 16.1 Å². The lowest BCUT2D eigenvalue weighted by atomic mass is 10.1. The number of aryl methyl sites for hydroxylation is 1. The van der Waals surface area contributed by atoms with Gasteiger partial charge in [0.15, 0.2) is 0 Å². The third-order valence-corrected chi connectivity index (χ3v) is 6.99. The number of hydrogen-bond acceptors (Lipinski definition) is 4. The van der Waals surface area contributed by atoms with Crippen molar-refractivity contribution in [1.82, 2.24) is 5.32 Å². The van der Waals surface area contributed by atoms with Crippen LogP contribution in [-0.4, -0.2) is 38.9 Å². The van der Waals surface area contributed by atoms with Crippen LogP contribution in [0.3, 0.4) is 0 Å². The zero-order valence-corrected chi connectivity index (χ0v) is 19.6. The van der Waals surface area contributed by atoms with Crippen molar-refractivity contribution in [3.8, 4) is 0 Å².